The summed E-state index contributed by atoms with van der Waals surface area (Å²) in [5.41, 5.74) is 5.24. The fraction of sp³-hybridized carbons (Fsp3) is 0.600. The molecule has 0 saturated heterocycles. The van der Waals surface area contributed by atoms with E-state index in [1.807, 2.05) is 0 Å². The lowest BCUT2D eigenvalue weighted by Gasteiger charge is -2.07. The average Bonchev–Trinajstić information content (AvgIpc) is 2.72. The summed E-state index contributed by atoms with van der Waals surface area (Å²) in [6, 6.07) is 0. The van der Waals surface area contributed by atoms with Gasteiger partial charge in [0, 0.05) is 5.92 Å². The van der Waals surface area contributed by atoms with Crippen LogP contribution in [0, 0.1) is 0 Å². The van der Waals surface area contributed by atoms with Crippen LogP contribution in [0.5, 0.6) is 5.75 Å². The number of nitrogens with zero attached hydrogens (tertiary/aromatic N) is 2. The van der Waals surface area contributed by atoms with Gasteiger partial charge in [-0.15, -0.1) is 0 Å². The van der Waals surface area contributed by atoms with Crippen LogP contribution in [0.25, 0.3) is 0 Å². The maximum Gasteiger partial charge on any atom is 0.157 e. The van der Waals surface area contributed by atoms with Crippen LogP contribution in [0.1, 0.15) is 37.4 Å². The Labute approximate surface area is 83.5 Å². The summed E-state index contributed by atoms with van der Waals surface area (Å²) in [6.45, 7) is 0.173. The quantitative estimate of drug-likeness (QED) is 0.738. The van der Waals surface area contributed by atoms with Crippen molar-refractivity contribution in [3.05, 3.63) is 18.2 Å². The van der Waals surface area contributed by atoms with Gasteiger partial charge in [-0.05, 0) is 12.8 Å². The van der Waals surface area contributed by atoms with Gasteiger partial charge in [-0.2, -0.15) is 0 Å². The molecule has 0 aliphatic heterocycles. The zero-order chi connectivity index (χ0) is 9.80. The summed E-state index contributed by atoms with van der Waals surface area (Å²) in [5.74, 6) is 2.16. The molecule has 4 nitrogen and oxygen atoms in total. The van der Waals surface area contributed by atoms with Gasteiger partial charge in [0.2, 0.25) is 0 Å². The molecule has 2 rings (SSSR count). The first kappa shape index (κ1) is 9.40. The maximum atomic E-state index is 5.24. The third-order valence-electron chi connectivity index (χ3n) is 2.62. The van der Waals surface area contributed by atoms with E-state index in [1.54, 1.807) is 12.4 Å². The first-order valence-corrected chi connectivity index (χ1v) is 5.05. The van der Waals surface area contributed by atoms with Gasteiger partial charge in [-0.1, -0.05) is 12.8 Å². The van der Waals surface area contributed by atoms with E-state index in [2.05, 4.69) is 9.97 Å². The molecule has 1 aliphatic carbocycles. The number of nitrogens with two attached hydrogens (primary N) is 1. The summed E-state index contributed by atoms with van der Waals surface area (Å²) in [5, 5.41) is 0. The summed E-state index contributed by atoms with van der Waals surface area (Å²) < 4.78 is 5.08. The van der Waals surface area contributed by atoms with Crippen molar-refractivity contribution in [2.24, 2.45) is 5.73 Å². The van der Waals surface area contributed by atoms with Crippen molar-refractivity contribution in [1.29, 1.82) is 0 Å². The van der Waals surface area contributed by atoms with Gasteiger partial charge in [0.15, 0.2) is 5.75 Å². The normalized spacial score (nSPS) is 17.2. The molecule has 76 valence electrons. The van der Waals surface area contributed by atoms with E-state index in [0.717, 1.165) is 5.82 Å². The Hall–Kier alpha value is -1.16. The second-order valence-corrected chi connectivity index (χ2v) is 3.57. The van der Waals surface area contributed by atoms with Crippen LogP contribution in [0.4, 0.5) is 0 Å². The molecule has 0 spiro atoms. The van der Waals surface area contributed by atoms with Gasteiger partial charge in [-0.25, -0.2) is 9.97 Å². The number of ether oxygens (including phenoxy) is 1. The number of hydrogen-bond donors (Lipinski definition) is 1. The fourth-order valence-electron chi connectivity index (χ4n) is 1.89. The summed E-state index contributed by atoms with van der Waals surface area (Å²) in [4.78, 5) is 8.58. The van der Waals surface area contributed by atoms with Crippen LogP contribution in [0.15, 0.2) is 12.4 Å². The zero-order valence-corrected chi connectivity index (χ0v) is 8.15. The fourth-order valence-corrected chi connectivity index (χ4v) is 1.89. The van der Waals surface area contributed by atoms with E-state index in [4.69, 9.17) is 10.5 Å². The van der Waals surface area contributed by atoms with E-state index in [0.29, 0.717) is 11.7 Å². The highest BCUT2D eigenvalue weighted by Crippen LogP contribution is 2.31. The minimum Gasteiger partial charge on any atom is -0.475 e. The Morgan fingerprint density at radius 1 is 1.29 bits per heavy atom. The molecule has 1 fully saturated rings. The molecule has 1 aromatic rings. The first-order chi connectivity index (χ1) is 6.90. The predicted octanol–water partition coefficient (Wildman–Crippen LogP) is 1.43. The zero-order valence-electron chi connectivity index (χ0n) is 8.15. The second-order valence-electron chi connectivity index (χ2n) is 3.57. The molecular weight excluding hydrogens is 178 g/mol. The van der Waals surface area contributed by atoms with Crippen molar-refractivity contribution in [2.75, 3.05) is 6.73 Å². The van der Waals surface area contributed by atoms with Gasteiger partial charge in [0.1, 0.15) is 12.6 Å². The lowest BCUT2D eigenvalue weighted by atomic mass is 10.1. The number of hydrogen-bond acceptors (Lipinski definition) is 4. The molecule has 0 amide bonds. The highest BCUT2D eigenvalue weighted by atomic mass is 16.5. The molecule has 0 atom stereocenters. The third kappa shape index (κ3) is 2.01. The third-order valence-corrected chi connectivity index (χ3v) is 2.62. The van der Waals surface area contributed by atoms with Crippen LogP contribution in [0.3, 0.4) is 0 Å². The monoisotopic (exact) mass is 193 g/mol. The topological polar surface area (TPSA) is 61.0 Å². The van der Waals surface area contributed by atoms with Crippen molar-refractivity contribution in [2.45, 2.75) is 31.6 Å². The number of rotatable bonds is 3. The van der Waals surface area contributed by atoms with Crippen molar-refractivity contribution in [1.82, 2.24) is 9.97 Å². The molecule has 0 bridgehead atoms. The molecule has 0 aromatic carbocycles. The largest absolute Gasteiger partial charge is 0.475 e. The Morgan fingerprint density at radius 3 is 2.50 bits per heavy atom. The van der Waals surface area contributed by atoms with E-state index in [1.165, 1.54) is 25.7 Å². The van der Waals surface area contributed by atoms with Crippen LogP contribution in [-0.4, -0.2) is 16.7 Å². The summed E-state index contributed by atoms with van der Waals surface area (Å²) in [7, 11) is 0. The smallest absolute Gasteiger partial charge is 0.157 e. The van der Waals surface area contributed by atoms with E-state index >= 15 is 0 Å². The molecule has 1 aromatic heterocycles. The Balaban J connectivity index is 2.05. The van der Waals surface area contributed by atoms with Gasteiger partial charge in [0.25, 0.3) is 0 Å². The summed E-state index contributed by atoms with van der Waals surface area (Å²) in [6.07, 6.45) is 8.44. The van der Waals surface area contributed by atoms with E-state index < -0.39 is 0 Å². The van der Waals surface area contributed by atoms with Gasteiger partial charge in [-0.3, -0.25) is 5.73 Å². The van der Waals surface area contributed by atoms with Crippen molar-refractivity contribution < 1.29 is 4.74 Å². The molecule has 1 heterocycles. The molecule has 1 aliphatic rings. The van der Waals surface area contributed by atoms with Gasteiger partial charge >= 0.3 is 0 Å². The Morgan fingerprint density at radius 2 is 1.93 bits per heavy atom. The van der Waals surface area contributed by atoms with Crippen molar-refractivity contribution >= 4 is 0 Å². The average molecular weight is 193 g/mol. The minimum absolute atomic E-state index is 0.173. The maximum absolute atomic E-state index is 5.24. The lowest BCUT2D eigenvalue weighted by Crippen LogP contribution is -2.08. The molecule has 14 heavy (non-hydrogen) atoms. The molecule has 2 N–H and O–H groups in total. The van der Waals surface area contributed by atoms with Gasteiger partial charge < -0.3 is 4.74 Å². The van der Waals surface area contributed by atoms with Crippen LogP contribution in [-0.2, 0) is 0 Å². The minimum atomic E-state index is 0.173. The van der Waals surface area contributed by atoms with Crippen molar-refractivity contribution in [3.63, 3.8) is 0 Å². The molecule has 0 unspecified atom stereocenters. The molecule has 0 radical (unpaired) electrons. The molecule has 1 saturated carbocycles. The van der Waals surface area contributed by atoms with Crippen molar-refractivity contribution in [3.8, 4) is 5.75 Å². The van der Waals surface area contributed by atoms with Crippen LogP contribution in [0.2, 0.25) is 0 Å². The highest BCUT2D eigenvalue weighted by molar-refractivity contribution is 5.13. The predicted molar refractivity (Wildman–Crippen MR) is 52.9 cm³/mol. The first-order valence-electron chi connectivity index (χ1n) is 5.05. The highest BCUT2D eigenvalue weighted by Gasteiger charge is 2.19. The molecule has 4 heteroatoms. The SMILES string of the molecule is NCOc1cnc(C2CCCC2)nc1. The Bertz CT molecular complexity index is 280. The van der Waals surface area contributed by atoms with Crippen LogP contribution >= 0.6 is 0 Å². The Kier molecular flexibility index (Phi) is 2.93. The van der Waals surface area contributed by atoms with E-state index in [9.17, 15) is 0 Å². The number of aromatic nitrogens is 2. The second kappa shape index (κ2) is 4.37. The summed E-state index contributed by atoms with van der Waals surface area (Å²) >= 11 is 0. The lowest BCUT2D eigenvalue weighted by molar-refractivity contribution is 0.326. The van der Waals surface area contributed by atoms with E-state index in [-0.39, 0.29) is 6.73 Å². The standard InChI is InChI=1S/C10H15N3O/c11-7-14-9-5-12-10(13-6-9)8-3-1-2-4-8/h5-6,8H,1-4,7,11H2. The van der Waals surface area contributed by atoms with Crippen LogP contribution < -0.4 is 10.5 Å². The van der Waals surface area contributed by atoms with Gasteiger partial charge in [0.05, 0.1) is 12.4 Å². The molecular formula is C10H15N3O.